The fourth-order valence-corrected chi connectivity index (χ4v) is 2.08. The second kappa shape index (κ2) is 5.65. The molecule has 0 unspecified atom stereocenters. The molecule has 0 amide bonds. The molecule has 0 radical (unpaired) electrons. The van der Waals surface area contributed by atoms with Gasteiger partial charge >= 0.3 is 0 Å². The first-order chi connectivity index (χ1) is 8.37. The number of rotatable bonds is 5. The summed E-state index contributed by atoms with van der Waals surface area (Å²) in [6.45, 7) is 0.300. The Morgan fingerprint density at radius 1 is 1.44 bits per heavy atom. The maximum Gasteiger partial charge on any atom is 0.150 e. The van der Waals surface area contributed by atoms with Crippen molar-refractivity contribution in [2.45, 2.75) is 0 Å². The van der Waals surface area contributed by atoms with Crippen molar-refractivity contribution in [1.29, 1.82) is 5.26 Å². The summed E-state index contributed by atoms with van der Waals surface area (Å²) in [6.07, 6.45) is 1.84. The molecule has 0 fully saturated rings. The summed E-state index contributed by atoms with van der Waals surface area (Å²) in [7, 11) is -1.33. The number of anilines is 1. The number of carbonyl (C=O) groups excluding carboxylic acids is 1. The molecule has 0 N–H and O–H groups in total. The predicted molar refractivity (Wildman–Crippen MR) is 69.5 cm³/mol. The van der Waals surface area contributed by atoms with Gasteiger partial charge < -0.3 is 4.90 Å². The Morgan fingerprint density at radius 3 is 2.61 bits per heavy atom. The van der Waals surface area contributed by atoms with E-state index in [1.54, 1.807) is 24.1 Å². The molecule has 96 valence electrons. The molecule has 1 aromatic rings. The maximum absolute atomic E-state index is 11.1. The van der Waals surface area contributed by atoms with Gasteiger partial charge in [-0.05, 0) is 18.2 Å². The summed E-state index contributed by atoms with van der Waals surface area (Å²) >= 11 is 0. The molecule has 0 saturated carbocycles. The van der Waals surface area contributed by atoms with Gasteiger partial charge in [0.25, 0.3) is 0 Å². The van der Waals surface area contributed by atoms with Crippen LogP contribution in [0.15, 0.2) is 18.2 Å². The summed E-state index contributed by atoms with van der Waals surface area (Å²) in [6, 6.07) is 6.72. The minimum absolute atomic E-state index is 0.0177. The number of hydrogen-bond donors (Lipinski definition) is 0. The fraction of sp³-hybridized carbons (Fsp3) is 0.333. The Balaban J connectivity index is 2.96. The Bertz CT molecular complexity index is 588. The van der Waals surface area contributed by atoms with Crippen molar-refractivity contribution in [2.75, 3.05) is 30.5 Å². The van der Waals surface area contributed by atoms with Crippen LogP contribution in [0.25, 0.3) is 0 Å². The van der Waals surface area contributed by atoms with Crippen molar-refractivity contribution in [1.82, 2.24) is 0 Å². The van der Waals surface area contributed by atoms with Crippen LogP contribution in [0.4, 0.5) is 5.69 Å². The zero-order valence-electron chi connectivity index (χ0n) is 10.3. The predicted octanol–water partition coefficient (Wildman–Crippen LogP) is 0.852. The Kier molecular flexibility index (Phi) is 4.45. The van der Waals surface area contributed by atoms with Gasteiger partial charge in [0.05, 0.1) is 17.0 Å². The Morgan fingerprint density at radius 2 is 2.11 bits per heavy atom. The molecule has 0 bridgehead atoms. The lowest BCUT2D eigenvalue weighted by Crippen LogP contribution is -2.25. The van der Waals surface area contributed by atoms with Crippen LogP contribution in [0, 0.1) is 11.3 Å². The van der Waals surface area contributed by atoms with Gasteiger partial charge in [0.2, 0.25) is 0 Å². The van der Waals surface area contributed by atoms with E-state index in [2.05, 4.69) is 0 Å². The smallest absolute Gasteiger partial charge is 0.150 e. The number of nitrogens with zero attached hydrogens (tertiary/aromatic N) is 2. The van der Waals surface area contributed by atoms with E-state index in [0.29, 0.717) is 29.6 Å². The zero-order chi connectivity index (χ0) is 13.8. The molecule has 5 nitrogen and oxygen atoms in total. The third-order valence-corrected chi connectivity index (χ3v) is 3.41. The van der Waals surface area contributed by atoms with Gasteiger partial charge in [0.1, 0.15) is 22.2 Å². The van der Waals surface area contributed by atoms with E-state index >= 15 is 0 Å². The van der Waals surface area contributed by atoms with Crippen LogP contribution in [0.2, 0.25) is 0 Å². The minimum atomic E-state index is -3.04. The molecule has 0 atom stereocenters. The molecule has 0 aliphatic heterocycles. The van der Waals surface area contributed by atoms with Crippen LogP contribution in [-0.2, 0) is 9.84 Å². The highest BCUT2D eigenvalue weighted by Crippen LogP contribution is 2.19. The van der Waals surface area contributed by atoms with Crippen LogP contribution in [0.5, 0.6) is 0 Å². The van der Waals surface area contributed by atoms with Crippen molar-refractivity contribution < 1.29 is 13.2 Å². The van der Waals surface area contributed by atoms with E-state index in [1.165, 1.54) is 12.3 Å². The van der Waals surface area contributed by atoms with Crippen LogP contribution >= 0.6 is 0 Å². The standard InChI is InChI=1S/C12H14N2O3S/c1-14(5-6-18(2,16)17)12-4-3-10(9-15)7-11(12)8-13/h3-4,7,9H,5-6H2,1-2H3. The average molecular weight is 266 g/mol. The highest BCUT2D eigenvalue weighted by molar-refractivity contribution is 7.90. The highest BCUT2D eigenvalue weighted by atomic mass is 32.2. The summed E-state index contributed by atoms with van der Waals surface area (Å²) in [5.74, 6) is 0.0177. The number of carbonyl (C=O) groups is 1. The largest absolute Gasteiger partial charge is 0.373 e. The number of hydrogen-bond acceptors (Lipinski definition) is 5. The molecule has 1 rings (SSSR count). The van der Waals surface area contributed by atoms with E-state index in [-0.39, 0.29) is 5.75 Å². The number of sulfone groups is 1. The Labute approximate surface area is 107 Å². The molecular weight excluding hydrogens is 252 g/mol. The van der Waals surface area contributed by atoms with Crippen LogP contribution in [-0.4, -0.2) is 40.3 Å². The van der Waals surface area contributed by atoms with Crippen molar-refractivity contribution in [3.05, 3.63) is 29.3 Å². The molecule has 0 aromatic heterocycles. The van der Waals surface area contributed by atoms with Gasteiger partial charge in [0, 0.05) is 25.4 Å². The second-order valence-corrected chi connectivity index (χ2v) is 6.32. The lowest BCUT2D eigenvalue weighted by molar-refractivity contribution is 0.112. The molecule has 1 aromatic carbocycles. The van der Waals surface area contributed by atoms with Gasteiger partial charge in [-0.25, -0.2) is 8.42 Å². The number of benzene rings is 1. The summed E-state index contributed by atoms with van der Waals surface area (Å²) in [4.78, 5) is 12.3. The quantitative estimate of drug-likeness (QED) is 0.738. The van der Waals surface area contributed by atoms with Gasteiger partial charge in [0.15, 0.2) is 0 Å². The normalized spacial score (nSPS) is 10.7. The molecule has 18 heavy (non-hydrogen) atoms. The van der Waals surface area contributed by atoms with Crippen molar-refractivity contribution in [3.8, 4) is 6.07 Å². The van der Waals surface area contributed by atoms with Crippen molar-refractivity contribution in [2.24, 2.45) is 0 Å². The monoisotopic (exact) mass is 266 g/mol. The van der Waals surface area contributed by atoms with E-state index in [9.17, 15) is 13.2 Å². The highest BCUT2D eigenvalue weighted by Gasteiger charge is 2.10. The third-order valence-electron chi connectivity index (χ3n) is 2.49. The fourth-order valence-electron chi connectivity index (χ4n) is 1.47. The molecule has 0 saturated heterocycles. The van der Waals surface area contributed by atoms with Crippen molar-refractivity contribution in [3.63, 3.8) is 0 Å². The lowest BCUT2D eigenvalue weighted by atomic mass is 10.1. The van der Waals surface area contributed by atoms with Gasteiger partial charge in [-0.1, -0.05) is 0 Å². The average Bonchev–Trinajstić information content (AvgIpc) is 2.34. The minimum Gasteiger partial charge on any atom is -0.373 e. The first kappa shape index (κ1) is 14.2. The third kappa shape index (κ3) is 3.86. The first-order valence-electron chi connectivity index (χ1n) is 5.25. The summed E-state index contributed by atoms with van der Waals surface area (Å²) < 4.78 is 22.2. The van der Waals surface area contributed by atoms with Gasteiger partial charge in [-0.15, -0.1) is 0 Å². The maximum atomic E-state index is 11.1. The molecule has 0 spiro atoms. The van der Waals surface area contributed by atoms with E-state index in [0.717, 1.165) is 0 Å². The lowest BCUT2D eigenvalue weighted by Gasteiger charge is -2.20. The molecular formula is C12H14N2O3S. The Hall–Kier alpha value is -1.87. The zero-order valence-corrected chi connectivity index (χ0v) is 11.1. The van der Waals surface area contributed by atoms with Gasteiger partial charge in [-0.2, -0.15) is 5.26 Å². The topological polar surface area (TPSA) is 78.2 Å². The number of nitriles is 1. The van der Waals surface area contributed by atoms with Crippen molar-refractivity contribution >= 4 is 21.8 Å². The van der Waals surface area contributed by atoms with E-state index in [4.69, 9.17) is 5.26 Å². The SMILES string of the molecule is CN(CCS(C)(=O)=O)c1ccc(C=O)cc1C#N. The molecule has 6 heteroatoms. The van der Waals surface area contributed by atoms with Crippen LogP contribution < -0.4 is 4.90 Å². The second-order valence-electron chi connectivity index (χ2n) is 4.06. The van der Waals surface area contributed by atoms with E-state index < -0.39 is 9.84 Å². The molecule has 0 heterocycles. The van der Waals surface area contributed by atoms with E-state index in [1.807, 2.05) is 6.07 Å². The summed E-state index contributed by atoms with van der Waals surface area (Å²) in [5.41, 5.74) is 1.40. The molecule has 0 aliphatic carbocycles. The number of aldehydes is 1. The van der Waals surface area contributed by atoms with Crippen LogP contribution in [0.1, 0.15) is 15.9 Å². The molecule has 0 aliphatic rings. The summed E-state index contributed by atoms with van der Waals surface area (Å²) in [5, 5.41) is 9.00. The first-order valence-corrected chi connectivity index (χ1v) is 7.31. The van der Waals surface area contributed by atoms with Gasteiger partial charge in [-0.3, -0.25) is 4.79 Å². The van der Waals surface area contributed by atoms with Crippen LogP contribution in [0.3, 0.4) is 0 Å².